The van der Waals surface area contributed by atoms with E-state index < -0.39 is 0 Å². The van der Waals surface area contributed by atoms with E-state index in [-0.39, 0.29) is 33.5 Å². The first-order valence-electron chi connectivity index (χ1n) is 17.9. The van der Waals surface area contributed by atoms with Gasteiger partial charge in [0.1, 0.15) is 5.82 Å². The van der Waals surface area contributed by atoms with Gasteiger partial charge in [0.15, 0.2) is 6.98 Å². The van der Waals surface area contributed by atoms with Crippen LogP contribution in [0.5, 0.6) is 11.5 Å². The molecule has 1 aliphatic heterocycles. The molecule has 0 saturated heterocycles. The summed E-state index contributed by atoms with van der Waals surface area (Å²) in [6.07, 6.45) is 1.90. The summed E-state index contributed by atoms with van der Waals surface area (Å²) in [6.45, 7) is 15.4. The quantitative estimate of drug-likeness (QED) is 0.118. The zero-order chi connectivity index (χ0) is 35.4. The molecule has 0 radical (unpaired) electrons. The molecule has 2 aromatic heterocycles. The summed E-state index contributed by atoms with van der Waals surface area (Å²) in [5, 5.41) is 7.53. The Balaban J connectivity index is 0.00000420. The minimum Gasteiger partial charge on any atom is -0.684 e. The Labute approximate surface area is 322 Å². The van der Waals surface area contributed by atoms with E-state index in [9.17, 15) is 0 Å². The number of benzene rings is 5. The van der Waals surface area contributed by atoms with Gasteiger partial charge >= 0.3 is 0 Å². The third-order valence-corrected chi connectivity index (χ3v) is 9.92. The molecule has 52 heavy (non-hydrogen) atoms. The fourth-order valence-corrected chi connectivity index (χ4v) is 7.31. The van der Waals surface area contributed by atoms with Crippen molar-refractivity contribution < 1.29 is 25.8 Å². The number of hydrogen-bond donors (Lipinski definition) is 0. The van der Waals surface area contributed by atoms with Gasteiger partial charge in [-0.1, -0.05) is 109 Å². The Morgan fingerprint density at radius 3 is 2.17 bits per heavy atom. The molecule has 0 fully saturated rings. The van der Waals surface area contributed by atoms with Crippen LogP contribution in [-0.2, 0) is 26.5 Å². The van der Waals surface area contributed by atoms with E-state index >= 15 is 0 Å². The molecule has 0 spiro atoms. The van der Waals surface area contributed by atoms with Crippen molar-refractivity contribution >= 4 is 51.3 Å². The molecule has 264 valence electrons. The van der Waals surface area contributed by atoms with Gasteiger partial charge in [-0.25, -0.2) is 4.98 Å². The zero-order valence-corrected chi connectivity index (χ0v) is 33.0. The van der Waals surface area contributed by atoms with Gasteiger partial charge < -0.3 is 19.3 Å². The Kier molecular flexibility index (Phi) is 9.56. The number of nitrogens with zero attached hydrogens (tertiary/aromatic N) is 4. The normalized spacial score (nSPS) is 12.8. The van der Waals surface area contributed by atoms with Crippen LogP contribution in [0.4, 0.5) is 17.1 Å². The summed E-state index contributed by atoms with van der Waals surface area (Å²) in [7, 11) is 0. The molecule has 7 aromatic rings. The van der Waals surface area contributed by atoms with Crippen LogP contribution in [-0.4, -0.2) is 16.5 Å². The number of anilines is 2. The van der Waals surface area contributed by atoms with Gasteiger partial charge in [0.25, 0.3) is 0 Å². The monoisotopic (exact) mass is 860 g/mol. The Morgan fingerprint density at radius 1 is 0.731 bits per heavy atom. The van der Waals surface area contributed by atoms with E-state index in [0.717, 1.165) is 44.5 Å². The largest absolute Gasteiger partial charge is 0.684 e. The van der Waals surface area contributed by atoms with Gasteiger partial charge in [0, 0.05) is 55.7 Å². The predicted molar refractivity (Wildman–Crippen MR) is 213 cm³/mol. The third kappa shape index (κ3) is 6.32. The molecular formula is C45H42BN4OPt-3. The maximum Gasteiger partial charge on any atom is 0.162 e. The van der Waals surface area contributed by atoms with Crippen molar-refractivity contribution in [3.05, 3.63) is 149 Å². The fourth-order valence-electron chi connectivity index (χ4n) is 7.31. The van der Waals surface area contributed by atoms with E-state index in [0.29, 0.717) is 23.3 Å². The molecule has 7 heteroatoms. The summed E-state index contributed by atoms with van der Waals surface area (Å²) in [5.41, 5.74) is 10.1. The Hall–Kier alpha value is -4.80. The topological polar surface area (TPSA) is 44.4 Å². The maximum absolute atomic E-state index is 6.59. The third-order valence-electron chi connectivity index (χ3n) is 9.92. The first-order chi connectivity index (χ1) is 24.6. The number of para-hydroxylation sites is 3. The van der Waals surface area contributed by atoms with E-state index in [1.54, 1.807) is 0 Å². The number of rotatable bonds is 7. The van der Waals surface area contributed by atoms with Crippen LogP contribution in [0, 0.1) is 12.1 Å². The number of pyridine rings is 1. The molecule has 0 saturated carbocycles. The molecule has 5 nitrogen and oxygen atoms in total. The molecule has 0 N–H and O–H groups in total. The van der Waals surface area contributed by atoms with Crippen molar-refractivity contribution in [3.8, 4) is 17.3 Å². The van der Waals surface area contributed by atoms with E-state index in [2.05, 4.69) is 161 Å². The summed E-state index contributed by atoms with van der Waals surface area (Å²) >= 11 is 0. The molecule has 3 heterocycles. The van der Waals surface area contributed by atoms with Crippen LogP contribution in [0.2, 0.25) is 0 Å². The van der Waals surface area contributed by atoms with Crippen LogP contribution < -0.4 is 15.0 Å². The van der Waals surface area contributed by atoms with Gasteiger partial charge in [0.2, 0.25) is 0 Å². The summed E-state index contributed by atoms with van der Waals surface area (Å²) in [4.78, 5) is 7.24. The fraction of sp³-hybridized carbons (Fsp3) is 0.222. The molecule has 5 aromatic carbocycles. The summed E-state index contributed by atoms with van der Waals surface area (Å²) in [6, 6.07) is 45.3. The second-order valence-corrected chi connectivity index (χ2v) is 15.1. The average molecular weight is 861 g/mol. The van der Waals surface area contributed by atoms with E-state index in [4.69, 9.17) is 14.9 Å². The summed E-state index contributed by atoms with van der Waals surface area (Å²) < 4.78 is 8.78. The average Bonchev–Trinajstić information content (AvgIpc) is 3.67. The van der Waals surface area contributed by atoms with Gasteiger partial charge in [0.05, 0.1) is 0 Å². The van der Waals surface area contributed by atoms with Crippen molar-refractivity contribution in [3.63, 3.8) is 0 Å². The SMILES string of the molecule is CC(C)c1cccc(C(C)C)c1N1B(c2[c-]c(Oc3[c-]c4c(cc3)c3ccccc3n4-c3cc(C(C)(C)C)ccn3)ccc2)[N-]c2ccccc21.[Pt]. The molecule has 0 amide bonds. The Morgan fingerprint density at radius 2 is 1.42 bits per heavy atom. The first-order valence-corrected chi connectivity index (χ1v) is 17.9. The van der Waals surface area contributed by atoms with Crippen molar-refractivity contribution in [1.29, 1.82) is 0 Å². The van der Waals surface area contributed by atoms with Crippen molar-refractivity contribution in [2.75, 3.05) is 4.81 Å². The van der Waals surface area contributed by atoms with E-state index in [1.165, 1.54) is 22.4 Å². The zero-order valence-electron chi connectivity index (χ0n) is 30.7. The molecule has 0 unspecified atom stereocenters. The second kappa shape index (κ2) is 14.0. The standard InChI is InChI=1S/C45H42BN4O.Pt/c1-29(2)35-17-13-18-36(30(3)4)44(35)50-41-21-11-9-19-39(41)48-46(50)32-14-12-15-33(27-32)51-34-22-23-38-37-16-8-10-20-40(37)49(42(38)28-34)43-26-31(24-25-47-43)45(5,6)7;/h8-26,29-30H,1-7H3;/q-3;. The van der Waals surface area contributed by atoms with E-state index in [1.807, 2.05) is 24.4 Å². The van der Waals surface area contributed by atoms with Crippen LogP contribution >= 0.6 is 0 Å². The van der Waals surface area contributed by atoms with Crippen LogP contribution in [0.25, 0.3) is 32.9 Å². The number of fused-ring (bicyclic) bond motifs is 4. The molecule has 0 aliphatic carbocycles. The molecule has 0 atom stereocenters. The van der Waals surface area contributed by atoms with Crippen LogP contribution in [0.3, 0.4) is 0 Å². The van der Waals surface area contributed by atoms with Gasteiger partial charge in [-0.05, 0) is 63.6 Å². The van der Waals surface area contributed by atoms with Gasteiger partial charge in [-0.15, -0.1) is 35.3 Å². The number of hydrogen-bond acceptors (Lipinski definition) is 3. The predicted octanol–water partition coefficient (Wildman–Crippen LogP) is 11.7. The molecular weight excluding hydrogens is 818 g/mol. The smallest absolute Gasteiger partial charge is 0.162 e. The molecule has 8 rings (SSSR count). The van der Waals surface area contributed by atoms with Crippen molar-refractivity contribution in [2.45, 2.75) is 65.7 Å². The summed E-state index contributed by atoms with van der Waals surface area (Å²) in [5.74, 6) is 2.78. The van der Waals surface area contributed by atoms with Crippen molar-refractivity contribution in [1.82, 2.24) is 9.55 Å². The minimum absolute atomic E-state index is 0. The molecule has 1 aliphatic rings. The first kappa shape index (κ1) is 35.6. The van der Waals surface area contributed by atoms with Crippen LogP contribution in [0.15, 0.2) is 115 Å². The maximum atomic E-state index is 6.59. The van der Waals surface area contributed by atoms with Gasteiger partial charge in [-0.2, -0.15) is 23.7 Å². The molecule has 0 bridgehead atoms. The number of aromatic nitrogens is 2. The minimum atomic E-state index is -0.293. The van der Waals surface area contributed by atoms with Crippen LogP contribution in [0.1, 0.15) is 77.0 Å². The Bertz CT molecular complexity index is 2380. The number of ether oxygens (including phenoxy) is 1. The van der Waals surface area contributed by atoms with Crippen molar-refractivity contribution in [2.24, 2.45) is 0 Å². The second-order valence-electron chi connectivity index (χ2n) is 15.1. The van der Waals surface area contributed by atoms with Gasteiger partial charge in [-0.3, -0.25) is 0 Å².